The molecule has 8 nitrogen and oxygen atoms in total. The molecule has 0 unspecified atom stereocenters. The molecular formula is C26H32N2O6. The first-order valence-corrected chi connectivity index (χ1v) is 11.4. The molecule has 0 aliphatic rings. The van der Waals surface area contributed by atoms with Gasteiger partial charge < -0.3 is 20.1 Å². The predicted octanol–water partition coefficient (Wildman–Crippen LogP) is 4.53. The zero-order valence-corrected chi connectivity index (χ0v) is 20.2. The molecule has 0 aliphatic carbocycles. The number of benzene rings is 2. The number of anilines is 2. The molecule has 0 saturated carbocycles. The lowest BCUT2D eigenvalue weighted by Crippen LogP contribution is -2.15. The second-order valence-corrected chi connectivity index (χ2v) is 7.82. The molecule has 2 amide bonds. The Morgan fingerprint density at radius 3 is 1.85 bits per heavy atom. The summed E-state index contributed by atoms with van der Waals surface area (Å²) >= 11 is 0. The zero-order chi connectivity index (χ0) is 25.1. The van der Waals surface area contributed by atoms with E-state index >= 15 is 0 Å². The van der Waals surface area contributed by atoms with Crippen LogP contribution in [0.25, 0.3) is 11.1 Å². The molecule has 0 saturated heterocycles. The first kappa shape index (κ1) is 26.6. The van der Waals surface area contributed by atoms with E-state index in [1.165, 1.54) is 0 Å². The van der Waals surface area contributed by atoms with Crippen LogP contribution in [0.5, 0.6) is 0 Å². The molecule has 0 aromatic heterocycles. The summed E-state index contributed by atoms with van der Waals surface area (Å²) in [6, 6.07) is 11.4. The fourth-order valence-corrected chi connectivity index (χ4v) is 3.34. The second kappa shape index (κ2) is 13.1. The normalized spacial score (nSPS) is 10.4. The molecule has 0 heterocycles. The van der Waals surface area contributed by atoms with Gasteiger partial charge in [0.1, 0.15) is 0 Å². The van der Waals surface area contributed by atoms with Gasteiger partial charge in [0.2, 0.25) is 11.8 Å². The molecule has 0 aliphatic heterocycles. The molecule has 8 heteroatoms. The van der Waals surface area contributed by atoms with E-state index in [9.17, 15) is 19.2 Å². The van der Waals surface area contributed by atoms with Crippen LogP contribution in [0, 0.1) is 13.8 Å². The van der Waals surface area contributed by atoms with Gasteiger partial charge in [-0.2, -0.15) is 0 Å². The van der Waals surface area contributed by atoms with Crippen molar-refractivity contribution in [2.45, 2.75) is 53.4 Å². The van der Waals surface area contributed by atoms with Crippen LogP contribution in [0.15, 0.2) is 36.4 Å². The number of rotatable bonds is 11. The summed E-state index contributed by atoms with van der Waals surface area (Å²) in [6.07, 6.45) is 0.168. The van der Waals surface area contributed by atoms with E-state index in [-0.39, 0.29) is 44.1 Å². The van der Waals surface area contributed by atoms with Gasteiger partial charge in [0.15, 0.2) is 0 Å². The molecule has 0 bridgehead atoms. The van der Waals surface area contributed by atoms with E-state index in [0.29, 0.717) is 18.0 Å². The van der Waals surface area contributed by atoms with Crippen molar-refractivity contribution in [2.24, 2.45) is 0 Å². The van der Waals surface area contributed by atoms with Crippen LogP contribution in [-0.4, -0.2) is 37.0 Å². The van der Waals surface area contributed by atoms with Crippen molar-refractivity contribution >= 4 is 35.1 Å². The number of aryl methyl sites for hydroxylation is 2. The average Bonchev–Trinajstić information content (AvgIpc) is 2.77. The molecule has 2 N–H and O–H groups in total. The van der Waals surface area contributed by atoms with E-state index in [2.05, 4.69) is 10.6 Å². The Morgan fingerprint density at radius 1 is 0.706 bits per heavy atom. The highest BCUT2D eigenvalue weighted by atomic mass is 16.5. The second-order valence-electron chi connectivity index (χ2n) is 7.82. The largest absolute Gasteiger partial charge is 0.466 e. The summed E-state index contributed by atoms with van der Waals surface area (Å²) in [5, 5.41) is 5.66. The van der Waals surface area contributed by atoms with E-state index in [4.69, 9.17) is 9.47 Å². The third kappa shape index (κ3) is 8.69. The number of carbonyl (C=O) groups excluding carboxylic acids is 4. The molecule has 0 radical (unpaired) electrons. The molecule has 182 valence electrons. The van der Waals surface area contributed by atoms with E-state index in [1.54, 1.807) is 13.8 Å². The standard InChI is InChI=1S/C26H32N2O6/c1-5-33-25(31)11-9-23(29)27-21-14-17(3)13-20(16-21)19-7-8-22(18(4)15-19)28-24(30)10-12-26(32)34-6-2/h7-8,13-16H,5-6,9-12H2,1-4H3,(H,27,29)(H,28,30). The van der Waals surface area contributed by atoms with Gasteiger partial charge in [-0.05, 0) is 74.2 Å². The van der Waals surface area contributed by atoms with Gasteiger partial charge in [-0.15, -0.1) is 0 Å². The van der Waals surface area contributed by atoms with Crippen LogP contribution in [0.2, 0.25) is 0 Å². The smallest absolute Gasteiger partial charge is 0.306 e. The van der Waals surface area contributed by atoms with Crippen molar-refractivity contribution in [2.75, 3.05) is 23.8 Å². The van der Waals surface area contributed by atoms with Crippen molar-refractivity contribution < 1.29 is 28.7 Å². The molecule has 2 rings (SSSR count). The number of carbonyl (C=O) groups is 4. The highest BCUT2D eigenvalue weighted by molar-refractivity contribution is 5.94. The van der Waals surface area contributed by atoms with Gasteiger partial charge in [-0.1, -0.05) is 12.1 Å². The number of ether oxygens (including phenoxy) is 2. The first-order valence-electron chi connectivity index (χ1n) is 11.4. The van der Waals surface area contributed by atoms with Crippen molar-refractivity contribution in [3.8, 4) is 11.1 Å². The van der Waals surface area contributed by atoms with Gasteiger partial charge in [-0.3, -0.25) is 19.2 Å². The third-order valence-electron chi connectivity index (χ3n) is 4.92. The Balaban J connectivity index is 2.05. The number of hydrogen-bond acceptors (Lipinski definition) is 6. The lowest BCUT2D eigenvalue weighted by Gasteiger charge is -2.13. The Kier molecular flexibility index (Phi) is 10.3. The maximum absolute atomic E-state index is 12.2. The lowest BCUT2D eigenvalue weighted by molar-refractivity contribution is -0.144. The topological polar surface area (TPSA) is 111 Å². The minimum atomic E-state index is -0.397. The SMILES string of the molecule is CCOC(=O)CCC(=O)Nc1cc(C)cc(-c2ccc(NC(=O)CCC(=O)OCC)c(C)c2)c1. The molecule has 0 fully saturated rings. The number of amides is 2. The predicted molar refractivity (Wildman–Crippen MR) is 130 cm³/mol. The molecule has 0 spiro atoms. The van der Waals surface area contributed by atoms with Gasteiger partial charge in [-0.25, -0.2) is 0 Å². The average molecular weight is 469 g/mol. The molecule has 2 aromatic carbocycles. The summed E-state index contributed by atoms with van der Waals surface area (Å²) in [7, 11) is 0. The number of esters is 2. The minimum Gasteiger partial charge on any atom is -0.466 e. The van der Waals surface area contributed by atoms with Crippen LogP contribution in [0.1, 0.15) is 50.7 Å². The van der Waals surface area contributed by atoms with Gasteiger partial charge in [0.25, 0.3) is 0 Å². The Labute approximate surface area is 200 Å². The fraction of sp³-hybridized carbons (Fsp3) is 0.385. The molecular weight excluding hydrogens is 436 g/mol. The van der Waals surface area contributed by atoms with Crippen LogP contribution < -0.4 is 10.6 Å². The van der Waals surface area contributed by atoms with Crippen molar-refractivity contribution in [3.63, 3.8) is 0 Å². The maximum atomic E-state index is 12.2. The van der Waals surface area contributed by atoms with Crippen LogP contribution in [-0.2, 0) is 28.7 Å². The quantitative estimate of drug-likeness (QED) is 0.469. The van der Waals surface area contributed by atoms with Crippen LogP contribution in [0.4, 0.5) is 11.4 Å². The minimum absolute atomic E-state index is 0.0323. The van der Waals surface area contributed by atoms with Crippen LogP contribution >= 0.6 is 0 Å². The van der Waals surface area contributed by atoms with Gasteiger partial charge in [0, 0.05) is 24.2 Å². The summed E-state index contributed by atoms with van der Waals surface area (Å²) in [4.78, 5) is 47.3. The molecule has 2 aromatic rings. The zero-order valence-electron chi connectivity index (χ0n) is 20.2. The summed E-state index contributed by atoms with van der Waals surface area (Å²) in [6.45, 7) is 7.85. The first-order chi connectivity index (χ1) is 16.2. The highest BCUT2D eigenvalue weighted by Crippen LogP contribution is 2.28. The highest BCUT2D eigenvalue weighted by Gasteiger charge is 2.12. The van der Waals surface area contributed by atoms with E-state index in [0.717, 1.165) is 22.3 Å². The van der Waals surface area contributed by atoms with Gasteiger partial charge in [0.05, 0.1) is 26.1 Å². The van der Waals surface area contributed by atoms with Crippen molar-refractivity contribution in [3.05, 3.63) is 47.5 Å². The monoisotopic (exact) mass is 468 g/mol. The van der Waals surface area contributed by atoms with E-state index in [1.807, 2.05) is 50.2 Å². The fourth-order valence-electron chi connectivity index (χ4n) is 3.34. The van der Waals surface area contributed by atoms with Crippen molar-refractivity contribution in [1.29, 1.82) is 0 Å². The third-order valence-corrected chi connectivity index (χ3v) is 4.92. The van der Waals surface area contributed by atoms with Crippen molar-refractivity contribution in [1.82, 2.24) is 0 Å². The van der Waals surface area contributed by atoms with E-state index < -0.39 is 11.9 Å². The Bertz CT molecular complexity index is 1050. The molecule has 34 heavy (non-hydrogen) atoms. The number of hydrogen-bond donors (Lipinski definition) is 2. The maximum Gasteiger partial charge on any atom is 0.306 e. The molecule has 0 atom stereocenters. The van der Waals surface area contributed by atoms with Crippen LogP contribution in [0.3, 0.4) is 0 Å². The lowest BCUT2D eigenvalue weighted by atomic mass is 10.00. The summed E-state index contributed by atoms with van der Waals surface area (Å²) in [5.74, 6) is -1.31. The Morgan fingerprint density at radius 2 is 1.29 bits per heavy atom. The van der Waals surface area contributed by atoms with Gasteiger partial charge >= 0.3 is 11.9 Å². The summed E-state index contributed by atoms with van der Waals surface area (Å²) in [5.41, 5.74) is 4.96. The Hall–Kier alpha value is -3.68. The number of nitrogens with one attached hydrogen (secondary N) is 2. The summed E-state index contributed by atoms with van der Waals surface area (Å²) < 4.78 is 9.69.